The number of rotatable bonds is 2. The normalized spacial score (nSPS) is 15.9. The molecule has 1 heterocycles. The van der Waals surface area contributed by atoms with Crippen LogP contribution in [-0.4, -0.2) is 19.0 Å². The number of carbonyl (C=O) groups excluding carboxylic acids is 1. The van der Waals surface area contributed by atoms with Crippen molar-refractivity contribution in [1.29, 1.82) is 0 Å². The molecule has 0 spiro atoms. The summed E-state index contributed by atoms with van der Waals surface area (Å²) in [6.07, 6.45) is 3.54. The van der Waals surface area contributed by atoms with Gasteiger partial charge in [0.25, 0.3) is 0 Å². The molecule has 0 radical (unpaired) electrons. The molecule has 17 heavy (non-hydrogen) atoms. The second kappa shape index (κ2) is 4.84. The molecule has 0 unspecified atom stereocenters. The van der Waals surface area contributed by atoms with Gasteiger partial charge < -0.3 is 16.4 Å². The maximum atomic E-state index is 11.1. The maximum absolute atomic E-state index is 11.1. The van der Waals surface area contributed by atoms with Crippen LogP contribution in [0, 0.1) is 0 Å². The Morgan fingerprint density at radius 2 is 1.88 bits per heavy atom. The van der Waals surface area contributed by atoms with Gasteiger partial charge in [0.15, 0.2) is 0 Å². The standard InChI is InChI=1S/C12H16ClN3O/c13-9-6-8(12(15)17)7-10(14)11(9)16-4-2-1-3-5-16/h6-7H,1-5,14H2,(H2,15,17). The number of anilines is 2. The van der Waals surface area contributed by atoms with Gasteiger partial charge in [0, 0.05) is 18.7 Å². The van der Waals surface area contributed by atoms with Gasteiger partial charge in [-0.1, -0.05) is 11.6 Å². The Hall–Kier alpha value is -1.42. The zero-order valence-corrected chi connectivity index (χ0v) is 10.3. The molecule has 1 aliphatic heterocycles. The summed E-state index contributed by atoms with van der Waals surface area (Å²) in [5, 5.41) is 0.501. The number of benzene rings is 1. The van der Waals surface area contributed by atoms with Crippen molar-refractivity contribution in [2.24, 2.45) is 5.73 Å². The third kappa shape index (κ3) is 2.47. The first-order valence-electron chi connectivity index (χ1n) is 5.73. The summed E-state index contributed by atoms with van der Waals surface area (Å²) in [7, 11) is 0. The molecular weight excluding hydrogens is 238 g/mol. The summed E-state index contributed by atoms with van der Waals surface area (Å²) in [6.45, 7) is 1.92. The number of halogens is 1. The third-order valence-electron chi connectivity index (χ3n) is 3.05. The van der Waals surface area contributed by atoms with Crippen LogP contribution >= 0.6 is 11.6 Å². The number of hydrogen-bond donors (Lipinski definition) is 2. The number of amides is 1. The lowest BCUT2D eigenvalue weighted by Crippen LogP contribution is -2.30. The molecule has 4 N–H and O–H groups in total. The molecule has 2 rings (SSSR count). The molecule has 1 aromatic rings. The van der Waals surface area contributed by atoms with E-state index in [0.717, 1.165) is 31.6 Å². The highest BCUT2D eigenvalue weighted by Gasteiger charge is 2.18. The van der Waals surface area contributed by atoms with Crippen LogP contribution in [-0.2, 0) is 0 Å². The van der Waals surface area contributed by atoms with Gasteiger partial charge in [-0.05, 0) is 31.4 Å². The van der Waals surface area contributed by atoms with Crippen molar-refractivity contribution < 1.29 is 4.79 Å². The number of nitrogens with zero attached hydrogens (tertiary/aromatic N) is 1. The summed E-state index contributed by atoms with van der Waals surface area (Å²) in [5.41, 5.74) is 12.9. The highest BCUT2D eigenvalue weighted by molar-refractivity contribution is 6.34. The molecule has 1 aromatic carbocycles. The van der Waals surface area contributed by atoms with E-state index in [9.17, 15) is 4.79 Å². The molecule has 0 aromatic heterocycles. The van der Waals surface area contributed by atoms with E-state index < -0.39 is 5.91 Å². The van der Waals surface area contributed by atoms with Crippen LogP contribution < -0.4 is 16.4 Å². The van der Waals surface area contributed by atoms with Gasteiger partial charge in [-0.15, -0.1) is 0 Å². The van der Waals surface area contributed by atoms with E-state index in [4.69, 9.17) is 23.1 Å². The van der Waals surface area contributed by atoms with Gasteiger partial charge in [-0.25, -0.2) is 0 Å². The van der Waals surface area contributed by atoms with Crippen LogP contribution in [0.3, 0.4) is 0 Å². The lowest BCUT2D eigenvalue weighted by Gasteiger charge is -2.30. The minimum atomic E-state index is -0.510. The van der Waals surface area contributed by atoms with E-state index in [0.29, 0.717) is 16.3 Å². The van der Waals surface area contributed by atoms with E-state index in [1.807, 2.05) is 0 Å². The van der Waals surface area contributed by atoms with Gasteiger partial charge in [0.05, 0.1) is 16.4 Å². The van der Waals surface area contributed by atoms with E-state index in [1.54, 1.807) is 12.1 Å². The minimum absolute atomic E-state index is 0.355. The molecule has 1 fully saturated rings. The fraction of sp³-hybridized carbons (Fsp3) is 0.417. The summed E-state index contributed by atoms with van der Waals surface area (Å²) in [5.74, 6) is -0.510. The Labute approximate surface area is 106 Å². The average Bonchev–Trinajstić information content (AvgIpc) is 2.29. The SMILES string of the molecule is NC(=O)c1cc(N)c(N2CCCCC2)c(Cl)c1. The van der Waals surface area contributed by atoms with E-state index in [1.165, 1.54) is 6.42 Å². The van der Waals surface area contributed by atoms with Gasteiger partial charge in [-0.2, -0.15) is 0 Å². The Bertz CT molecular complexity index is 418. The Kier molecular flexibility index (Phi) is 3.43. The Morgan fingerprint density at radius 3 is 2.41 bits per heavy atom. The predicted octanol–water partition coefficient (Wildman–Crippen LogP) is 2.01. The summed E-state index contributed by atoms with van der Waals surface area (Å²) in [6, 6.07) is 3.18. The number of nitrogen functional groups attached to an aromatic ring is 1. The Morgan fingerprint density at radius 1 is 1.24 bits per heavy atom. The van der Waals surface area contributed by atoms with Crippen LogP contribution in [0.15, 0.2) is 12.1 Å². The fourth-order valence-corrected chi connectivity index (χ4v) is 2.56. The number of primary amides is 1. The zero-order valence-electron chi connectivity index (χ0n) is 9.58. The molecule has 4 nitrogen and oxygen atoms in total. The van der Waals surface area contributed by atoms with E-state index in [-0.39, 0.29) is 0 Å². The molecule has 1 amide bonds. The summed E-state index contributed by atoms with van der Waals surface area (Å²) in [4.78, 5) is 13.3. The van der Waals surface area contributed by atoms with Gasteiger partial charge in [0.2, 0.25) is 5.91 Å². The third-order valence-corrected chi connectivity index (χ3v) is 3.34. The van der Waals surface area contributed by atoms with Crippen LogP contribution in [0.1, 0.15) is 29.6 Å². The number of nitrogens with two attached hydrogens (primary N) is 2. The van der Waals surface area contributed by atoms with Crippen molar-refractivity contribution in [3.63, 3.8) is 0 Å². The first-order valence-corrected chi connectivity index (χ1v) is 6.11. The number of hydrogen-bond acceptors (Lipinski definition) is 3. The Balaban J connectivity index is 2.37. The highest BCUT2D eigenvalue weighted by Crippen LogP contribution is 2.35. The van der Waals surface area contributed by atoms with E-state index >= 15 is 0 Å². The second-order valence-electron chi connectivity index (χ2n) is 4.31. The van der Waals surface area contributed by atoms with Crippen LogP contribution in [0.2, 0.25) is 5.02 Å². The minimum Gasteiger partial charge on any atom is -0.397 e. The predicted molar refractivity (Wildman–Crippen MR) is 70.4 cm³/mol. The average molecular weight is 254 g/mol. The quantitative estimate of drug-likeness (QED) is 0.792. The van der Waals surface area contributed by atoms with Crippen LogP contribution in [0.4, 0.5) is 11.4 Å². The van der Waals surface area contributed by atoms with Crippen molar-refractivity contribution >= 4 is 28.9 Å². The monoisotopic (exact) mass is 253 g/mol. The number of carbonyl (C=O) groups is 1. The van der Waals surface area contributed by atoms with Crippen molar-refractivity contribution in [2.45, 2.75) is 19.3 Å². The smallest absolute Gasteiger partial charge is 0.248 e. The van der Waals surface area contributed by atoms with Crippen molar-refractivity contribution in [3.8, 4) is 0 Å². The molecule has 5 heteroatoms. The number of piperidine rings is 1. The molecule has 0 aliphatic carbocycles. The maximum Gasteiger partial charge on any atom is 0.248 e. The highest BCUT2D eigenvalue weighted by atomic mass is 35.5. The van der Waals surface area contributed by atoms with Crippen molar-refractivity contribution in [2.75, 3.05) is 23.7 Å². The van der Waals surface area contributed by atoms with Crippen LogP contribution in [0.5, 0.6) is 0 Å². The lowest BCUT2D eigenvalue weighted by atomic mass is 10.1. The summed E-state index contributed by atoms with van der Waals surface area (Å²) < 4.78 is 0. The van der Waals surface area contributed by atoms with Gasteiger partial charge in [-0.3, -0.25) is 4.79 Å². The van der Waals surface area contributed by atoms with Crippen molar-refractivity contribution in [3.05, 3.63) is 22.7 Å². The molecule has 0 bridgehead atoms. The second-order valence-corrected chi connectivity index (χ2v) is 4.72. The lowest BCUT2D eigenvalue weighted by molar-refractivity contribution is 0.100. The molecule has 1 aliphatic rings. The van der Waals surface area contributed by atoms with Gasteiger partial charge >= 0.3 is 0 Å². The van der Waals surface area contributed by atoms with Crippen molar-refractivity contribution in [1.82, 2.24) is 0 Å². The largest absolute Gasteiger partial charge is 0.397 e. The molecule has 1 saturated heterocycles. The van der Waals surface area contributed by atoms with Gasteiger partial charge in [0.1, 0.15) is 0 Å². The fourth-order valence-electron chi connectivity index (χ4n) is 2.21. The zero-order chi connectivity index (χ0) is 12.4. The van der Waals surface area contributed by atoms with Crippen LogP contribution in [0.25, 0.3) is 0 Å². The molecule has 0 atom stereocenters. The molecule has 92 valence electrons. The van der Waals surface area contributed by atoms with E-state index in [2.05, 4.69) is 4.90 Å². The molecule has 0 saturated carbocycles. The molecular formula is C12H16ClN3O. The summed E-state index contributed by atoms with van der Waals surface area (Å²) >= 11 is 6.18. The first-order chi connectivity index (χ1) is 8.09. The topological polar surface area (TPSA) is 72.3 Å². The first kappa shape index (κ1) is 12.0.